The summed E-state index contributed by atoms with van der Waals surface area (Å²) in [4.78, 5) is 17.8. The molecule has 0 aliphatic carbocycles. The summed E-state index contributed by atoms with van der Waals surface area (Å²) in [6.45, 7) is 0.965. The fourth-order valence-corrected chi connectivity index (χ4v) is 2.48. The largest absolute Gasteiger partial charge is 0.439 e. The Kier molecular flexibility index (Phi) is 4.90. The van der Waals surface area contributed by atoms with E-state index in [1.807, 2.05) is 0 Å². The maximum atomic E-state index is 12.8. The molecule has 0 bridgehead atoms. The number of hydrogen-bond acceptors (Lipinski definition) is 4. The monoisotopic (exact) mass is 331 g/mol. The van der Waals surface area contributed by atoms with E-state index in [1.54, 1.807) is 17.0 Å². The molecule has 0 unspecified atom stereocenters. The topological polar surface area (TPSA) is 74.7 Å². The number of benzene rings is 1. The van der Waals surface area contributed by atoms with Crippen LogP contribution in [-0.4, -0.2) is 40.2 Å². The van der Waals surface area contributed by atoms with Crippen molar-refractivity contribution in [2.45, 2.75) is 18.9 Å². The molecule has 2 N–H and O–H groups in total. The highest BCUT2D eigenvalue weighted by Crippen LogP contribution is 2.21. The van der Waals surface area contributed by atoms with Crippen LogP contribution in [-0.2, 0) is 0 Å². The van der Waals surface area contributed by atoms with Crippen molar-refractivity contribution in [3.8, 4) is 11.6 Å². The van der Waals surface area contributed by atoms with Crippen LogP contribution in [0.25, 0.3) is 0 Å². The molecule has 1 aliphatic rings. The van der Waals surface area contributed by atoms with Crippen molar-refractivity contribution in [1.82, 2.24) is 9.88 Å². The molecule has 2 amide bonds. The van der Waals surface area contributed by atoms with Gasteiger partial charge in [0, 0.05) is 19.2 Å². The fraction of sp³-hybridized carbons (Fsp3) is 0.294. The van der Waals surface area contributed by atoms with Crippen molar-refractivity contribution >= 4 is 11.7 Å². The Morgan fingerprint density at radius 3 is 2.75 bits per heavy atom. The van der Waals surface area contributed by atoms with Gasteiger partial charge in [0.2, 0.25) is 5.88 Å². The van der Waals surface area contributed by atoms with Gasteiger partial charge in [0.25, 0.3) is 0 Å². The number of nitrogens with one attached hydrogen (secondary N) is 1. The second kappa shape index (κ2) is 7.27. The Morgan fingerprint density at radius 2 is 2.08 bits per heavy atom. The fourth-order valence-electron chi connectivity index (χ4n) is 2.48. The minimum atomic E-state index is -0.464. The summed E-state index contributed by atoms with van der Waals surface area (Å²) in [6, 6.07) is 8.65. The number of aromatic nitrogens is 1. The van der Waals surface area contributed by atoms with Crippen LogP contribution >= 0.6 is 0 Å². The Balaban J connectivity index is 1.58. The number of urea groups is 1. The number of nitrogens with zero attached hydrogens (tertiary/aromatic N) is 2. The number of amides is 2. The van der Waals surface area contributed by atoms with Crippen molar-refractivity contribution in [2.24, 2.45) is 0 Å². The van der Waals surface area contributed by atoms with Crippen molar-refractivity contribution in [1.29, 1.82) is 0 Å². The highest BCUT2D eigenvalue weighted by molar-refractivity contribution is 5.89. The number of pyridine rings is 1. The molecule has 1 atom stereocenters. The van der Waals surface area contributed by atoms with E-state index < -0.39 is 6.10 Å². The van der Waals surface area contributed by atoms with Gasteiger partial charge >= 0.3 is 6.03 Å². The Hall–Kier alpha value is -2.67. The van der Waals surface area contributed by atoms with Crippen LogP contribution in [0.5, 0.6) is 11.6 Å². The molecule has 6 nitrogen and oxygen atoms in total. The lowest BCUT2D eigenvalue weighted by atomic mass is 10.1. The first-order valence-electron chi connectivity index (χ1n) is 7.73. The van der Waals surface area contributed by atoms with Crippen molar-refractivity contribution in [2.75, 3.05) is 18.4 Å². The molecule has 1 aliphatic heterocycles. The third-order valence-corrected chi connectivity index (χ3v) is 3.71. The molecule has 24 heavy (non-hydrogen) atoms. The Bertz CT molecular complexity index is 691. The molecule has 7 heteroatoms. The smallest absolute Gasteiger partial charge is 0.321 e. The van der Waals surface area contributed by atoms with Crippen LogP contribution in [0.3, 0.4) is 0 Å². The predicted octanol–water partition coefficient (Wildman–Crippen LogP) is 3.00. The summed E-state index contributed by atoms with van der Waals surface area (Å²) in [7, 11) is 0. The summed E-state index contributed by atoms with van der Waals surface area (Å²) in [6.07, 6.45) is 2.53. The van der Waals surface area contributed by atoms with Gasteiger partial charge in [-0.05, 0) is 43.2 Å². The Labute approximate surface area is 138 Å². The number of halogens is 1. The minimum Gasteiger partial charge on any atom is -0.439 e. The van der Waals surface area contributed by atoms with Crippen LogP contribution in [0, 0.1) is 5.82 Å². The SMILES string of the molecule is O=C(Nc1ccc(Oc2ccc(F)cc2)nc1)N1CCC[C@H](O)C1. The number of anilines is 1. The number of hydrogen-bond donors (Lipinski definition) is 2. The van der Waals surface area contributed by atoms with E-state index in [4.69, 9.17) is 4.74 Å². The summed E-state index contributed by atoms with van der Waals surface area (Å²) in [5, 5.41) is 12.4. The van der Waals surface area contributed by atoms with Gasteiger partial charge in [-0.2, -0.15) is 0 Å². The van der Waals surface area contributed by atoms with E-state index >= 15 is 0 Å². The lowest BCUT2D eigenvalue weighted by Crippen LogP contribution is -2.44. The van der Waals surface area contributed by atoms with Crippen molar-refractivity contribution in [3.63, 3.8) is 0 Å². The summed E-state index contributed by atoms with van der Waals surface area (Å²) in [5.74, 6) is 0.479. The predicted molar refractivity (Wildman–Crippen MR) is 86.5 cm³/mol. The molecule has 1 fully saturated rings. The van der Waals surface area contributed by atoms with E-state index in [0.717, 1.165) is 12.8 Å². The van der Waals surface area contributed by atoms with Crippen molar-refractivity contribution < 1.29 is 19.0 Å². The molecule has 0 spiro atoms. The first-order valence-corrected chi connectivity index (χ1v) is 7.73. The lowest BCUT2D eigenvalue weighted by molar-refractivity contribution is 0.0883. The third kappa shape index (κ3) is 4.20. The van der Waals surface area contributed by atoms with E-state index in [2.05, 4.69) is 10.3 Å². The maximum Gasteiger partial charge on any atom is 0.321 e. The number of carbonyl (C=O) groups excluding carboxylic acids is 1. The summed E-state index contributed by atoms with van der Waals surface area (Å²) >= 11 is 0. The average Bonchev–Trinajstić information content (AvgIpc) is 2.59. The average molecular weight is 331 g/mol. The zero-order valence-corrected chi connectivity index (χ0v) is 13.0. The first-order chi connectivity index (χ1) is 11.6. The van der Waals surface area contributed by atoms with Crippen molar-refractivity contribution in [3.05, 3.63) is 48.4 Å². The molecule has 1 aromatic heterocycles. The van der Waals surface area contributed by atoms with E-state index in [1.165, 1.54) is 30.5 Å². The highest BCUT2D eigenvalue weighted by atomic mass is 19.1. The van der Waals surface area contributed by atoms with Gasteiger partial charge in [0.05, 0.1) is 18.0 Å². The number of β-amino-alcohol motifs (C(OH)–C–C–N with tert-alkyl or cyclic N) is 1. The molecule has 0 radical (unpaired) electrons. The summed E-state index contributed by atoms with van der Waals surface area (Å²) in [5.41, 5.74) is 0.534. The second-order valence-corrected chi connectivity index (χ2v) is 5.61. The molecule has 1 aromatic carbocycles. The van der Waals surface area contributed by atoms with Gasteiger partial charge in [0.1, 0.15) is 11.6 Å². The zero-order chi connectivity index (χ0) is 16.9. The van der Waals surface area contributed by atoms with Gasteiger partial charge < -0.3 is 20.1 Å². The molecule has 0 saturated carbocycles. The number of piperidine rings is 1. The van der Waals surface area contributed by atoms with Gasteiger partial charge in [0.15, 0.2) is 0 Å². The zero-order valence-electron chi connectivity index (χ0n) is 13.0. The van der Waals surface area contributed by atoms with Gasteiger partial charge in [-0.15, -0.1) is 0 Å². The molecule has 2 aromatic rings. The summed E-state index contributed by atoms with van der Waals surface area (Å²) < 4.78 is 18.3. The standard InChI is InChI=1S/C17H18FN3O3/c18-12-3-6-15(7-4-12)24-16-8-5-13(10-19-16)20-17(23)21-9-1-2-14(22)11-21/h3-8,10,14,22H,1-2,9,11H2,(H,20,23)/t14-/m0/s1. The van der Waals surface area contributed by atoms with Crippen LogP contribution in [0.1, 0.15) is 12.8 Å². The highest BCUT2D eigenvalue weighted by Gasteiger charge is 2.22. The van der Waals surface area contributed by atoms with E-state index in [9.17, 15) is 14.3 Å². The van der Waals surface area contributed by atoms with Gasteiger partial charge in [-0.3, -0.25) is 0 Å². The molecule has 3 rings (SSSR count). The lowest BCUT2D eigenvalue weighted by Gasteiger charge is -2.30. The first kappa shape index (κ1) is 16.2. The van der Waals surface area contributed by atoms with Crippen LogP contribution in [0.15, 0.2) is 42.6 Å². The number of aliphatic hydroxyl groups is 1. The van der Waals surface area contributed by atoms with Gasteiger partial charge in [-0.25, -0.2) is 14.2 Å². The quantitative estimate of drug-likeness (QED) is 0.907. The number of carbonyl (C=O) groups is 1. The van der Waals surface area contributed by atoms with Gasteiger partial charge in [-0.1, -0.05) is 0 Å². The van der Waals surface area contributed by atoms with E-state index in [0.29, 0.717) is 30.4 Å². The maximum absolute atomic E-state index is 12.8. The number of aliphatic hydroxyl groups excluding tert-OH is 1. The molecular formula is C17H18FN3O3. The normalized spacial score (nSPS) is 17.4. The minimum absolute atomic E-state index is 0.261. The third-order valence-electron chi connectivity index (χ3n) is 3.71. The van der Waals surface area contributed by atoms with Crippen LogP contribution in [0.2, 0.25) is 0 Å². The Morgan fingerprint density at radius 1 is 1.29 bits per heavy atom. The molecular weight excluding hydrogens is 313 g/mol. The molecule has 1 saturated heterocycles. The number of rotatable bonds is 3. The molecule has 126 valence electrons. The van der Waals surface area contributed by atoms with Crippen LogP contribution < -0.4 is 10.1 Å². The number of likely N-dealkylation sites (tertiary alicyclic amines) is 1. The van der Waals surface area contributed by atoms with Crippen LogP contribution in [0.4, 0.5) is 14.9 Å². The van der Waals surface area contributed by atoms with E-state index in [-0.39, 0.29) is 11.8 Å². The second-order valence-electron chi connectivity index (χ2n) is 5.61. The number of ether oxygens (including phenoxy) is 1. The molecule has 2 heterocycles.